The molecule has 0 aromatic heterocycles. The maximum Gasteiger partial charge on any atom is 0.223 e. The molecule has 1 amide bonds. The lowest BCUT2D eigenvalue weighted by Gasteiger charge is -2.43. The molecule has 19 heavy (non-hydrogen) atoms. The van der Waals surface area contributed by atoms with Gasteiger partial charge < -0.3 is 11.1 Å². The van der Waals surface area contributed by atoms with Crippen LogP contribution in [-0.4, -0.2) is 18.0 Å². The molecule has 3 aliphatic carbocycles. The van der Waals surface area contributed by atoms with Crippen molar-refractivity contribution in [2.24, 2.45) is 29.4 Å². The molecule has 108 valence electrons. The largest absolute Gasteiger partial charge is 0.353 e. The van der Waals surface area contributed by atoms with Crippen LogP contribution in [0.4, 0.5) is 0 Å². The summed E-state index contributed by atoms with van der Waals surface area (Å²) in [7, 11) is 0. The summed E-state index contributed by atoms with van der Waals surface area (Å²) in [5.74, 6) is 2.42. The zero-order valence-corrected chi connectivity index (χ0v) is 12.1. The Hall–Kier alpha value is -0.570. The number of carbonyl (C=O) groups excluding carboxylic acids is 1. The van der Waals surface area contributed by atoms with Gasteiger partial charge in [0.25, 0.3) is 0 Å². The van der Waals surface area contributed by atoms with Gasteiger partial charge in [-0.05, 0) is 56.3 Å². The van der Waals surface area contributed by atoms with E-state index in [9.17, 15) is 4.79 Å². The molecule has 3 saturated carbocycles. The lowest BCUT2D eigenvalue weighted by molar-refractivity contribution is -0.128. The van der Waals surface area contributed by atoms with E-state index in [4.69, 9.17) is 5.73 Å². The minimum atomic E-state index is 0.239. The summed E-state index contributed by atoms with van der Waals surface area (Å²) in [5, 5.41) is 3.32. The number of hydrogen-bond donors (Lipinski definition) is 2. The van der Waals surface area contributed by atoms with Crippen LogP contribution in [0.1, 0.15) is 58.3 Å². The van der Waals surface area contributed by atoms with Crippen molar-refractivity contribution in [2.45, 2.75) is 70.4 Å². The van der Waals surface area contributed by atoms with E-state index in [1.165, 1.54) is 38.5 Å². The highest BCUT2D eigenvalue weighted by atomic mass is 16.1. The molecule has 2 bridgehead atoms. The Balaban J connectivity index is 1.58. The molecule has 0 radical (unpaired) electrons. The second-order valence-corrected chi connectivity index (χ2v) is 7.22. The standard InChI is InChI=1S/C16H28N2O/c1-10-4-2-7-14(10)18-16(19)13-8-11-5-3-6-12(9-13)15(11)17/h10-15H,2-9,17H2,1H3,(H,18,19). The van der Waals surface area contributed by atoms with E-state index in [0.29, 0.717) is 35.7 Å². The molecule has 0 aromatic rings. The van der Waals surface area contributed by atoms with Crippen molar-refractivity contribution < 1.29 is 4.79 Å². The van der Waals surface area contributed by atoms with Gasteiger partial charge in [0, 0.05) is 18.0 Å². The van der Waals surface area contributed by atoms with Gasteiger partial charge in [-0.15, -0.1) is 0 Å². The number of carbonyl (C=O) groups is 1. The number of amides is 1. The molecule has 0 aliphatic heterocycles. The van der Waals surface area contributed by atoms with E-state index in [1.54, 1.807) is 0 Å². The number of hydrogen-bond acceptors (Lipinski definition) is 2. The van der Waals surface area contributed by atoms with E-state index in [-0.39, 0.29) is 5.92 Å². The van der Waals surface area contributed by atoms with Crippen LogP contribution >= 0.6 is 0 Å². The lowest BCUT2D eigenvalue weighted by Crippen LogP contribution is -2.50. The van der Waals surface area contributed by atoms with Gasteiger partial charge in [0.15, 0.2) is 0 Å². The fraction of sp³-hybridized carbons (Fsp3) is 0.938. The third-order valence-electron chi connectivity index (χ3n) is 5.97. The molecule has 0 saturated heterocycles. The first-order chi connectivity index (χ1) is 9.15. The summed E-state index contributed by atoms with van der Waals surface area (Å²) in [5.41, 5.74) is 6.30. The molecule has 3 heteroatoms. The highest BCUT2D eigenvalue weighted by Gasteiger charge is 2.41. The Kier molecular flexibility index (Phi) is 3.84. The first-order valence-electron chi connectivity index (χ1n) is 8.21. The molecule has 0 aromatic carbocycles. The van der Waals surface area contributed by atoms with Crippen LogP contribution in [0.25, 0.3) is 0 Å². The van der Waals surface area contributed by atoms with E-state index < -0.39 is 0 Å². The molecular weight excluding hydrogens is 236 g/mol. The van der Waals surface area contributed by atoms with Crippen LogP contribution in [0, 0.1) is 23.7 Å². The molecule has 3 aliphatic rings. The summed E-state index contributed by atoms with van der Waals surface area (Å²) in [6.45, 7) is 2.27. The van der Waals surface area contributed by atoms with E-state index in [0.717, 1.165) is 12.8 Å². The van der Waals surface area contributed by atoms with Crippen molar-refractivity contribution in [3.05, 3.63) is 0 Å². The molecule has 3 nitrogen and oxygen atoms in total. The predicted molar refractivity (Wildman–Crippen MR) is 76.5 cm³/mol. The Morgan fingerprint density at radius 2 is 1.68 bits per heavy atom. The van der Waals surface area contributed by atoms with Gasteiger partial charge >= 0.3 is 0 Å². The first-order valence-corrected chi connectivity index (χ1v) is 8.21. The summed E-state index contributed by atoms with van der Waals surface area (Å²) in [4.78, 5) is 12.5. The van der Waals surface area contributed by atoms with Crippen LogP contribution in [0.2, 0.25) is 0 Å². The normalized spacial score (nSPS) is 46.0. The summed E-state index contributed by atoms with van der Waals surface area (Å²) < 4.78 is 0. The van der Waals surface area contributed by atoms with Crippen LogP contribution < -0.4 is 11.1 Å². The summed E-state index contributed by atoms with van der Waals surface area (Å²) in [6, 6.07) is 0.797. The molecular formula is C16H28N2O. The van der Waals surface area contributed by atoms with Gasteiger partial charge in [0.1, 0.15) is 0 Å². The number of fused-ring (bicyclic) bond motifs is 2. The Morgan fingerprint density at radius 3 is 2.26 bits per heavy atom. The quantitative estimate of drug-likeness (QED) is 0.805. The summed E-state index contributed by atoms with van der Waals surface area (Å²) in [6.07, 6.45) is 9.57. The average molecular weight is 264 g/mol. The molecule has 4 atom stereocenters. The molecule has 4 unspecified atom stereocenters. The Bertz CT molecular complexity index is 330. The number of nitrogens with one attached hydrogen (secondary N) is 1. The maximum absolute atomic E-state index is 12.5. The zero-order valence-electron chi connectivity index (χ0n) is 12.1. The van der Waals surface area contributed by atoms with Crippen LogP contribution in [-0.2, 0) is 4.79 Å². The van der Waals surface area contributed by atoms with Crippen molar-refractivity contribution in [1.29, 1.82) is 0 Å². The van der Waals surface area contributed by atoms with Crippen molar-refractivity contribution in [2.75, 3.05) is 0 Å². The number of rotatable bonds is 2. The Morgan fingerprint density at radius 1 is 1.05 bits per heavy atom. The topological polar surface area (TPSA) is 55.1 Å². The molecule has 0 heterocycles. The summed E-state index contributed by atoms with van der Waals surface area (Å²) >= 11 is 0. The first kappa shape index (κ1) is 13.4. The Labute approximate surface area is 116 Å². The minimum absolute atomic E-state index is 0.239. The molecule has 0 spiro atoms. The van der Waals surface area contributed by atoms with E-state index in [2.05, 4.69) is 12.2 Å². The monoisotopic (exact) mass is 264 g/mol. The van der Waals surface area contributed by atoms with Gasteiger partial charge in [-0.2, -0.15) is 0 Å². The molecule has 3 fully saturated rings. The smallest absolute Gasteiger partial charge is 0.223 e. The van der Waals surface area contributed by atoms with Crippen LogP contribution in [0.3, 0.4) is 0 Å². The third-order valence-corrected chi connectivity index (χ3v) is 5.97. The number of nitrogens with two attached hydrogens (primary N) is 1. The molecule has 3 rings (SSSR count). The van der Waals surface area contributed by atoms with Crippen LogP contribution in [0.5, 0.6) is 0 Å². The zero-order chi connectivity index (χ0) is 13.4. The highest BCUT2D eigenvalue weighted by Crippen LogP contribution is 2.42. The average Bonchev–Trinajstić information content (AvgIpc) is 2.74. The van der Waals surface area contributed by atoms with Gasteiger partial charge in [0.05, 0.1) is 0 Å². The third kappa shape index (κ3) is 2.67. The second-order valence-electron chi connectivity index (χ2n) is 7.22. The van der Waals surface area contributed by atoms with Crippen molar-refractivity contribution in [3.63, 3.8) is 0 Å². The SMILES string of the molecule is CC1CCCC1NC(=O)C1CC2CCCC(C1)C2N. The second kappa shape index (κ2) is 5.43. The maximum atomic E-state index is 12.5. The van der Waals surface area contributed by atoms with Gasteiger partial charge in [-0.25, -0.2) is 0 Å². The minimum Gasteiger partial charge on any atom is -0.353 e. The van der Waals surface area contributed by atoms with Crippen molar-refractivity contribution in [3.8, 4) is 0 Å². The van der Waals surface area contributed by atoms with Crippen LogP contribution in [0.15, 0.2) is 0 Å². The lowest BCUT2D eigenvalue weighted by atomic mass is 9.65. The van der Waals surface area contributed by atoms with E-state index >= 15 is 0 Å². The highest BCUT2D eigenvalue weighted by molar-refractivity contribution is 5.79. The molecule has 3 N–H and O–H groups in total. The van der Waals surface area contributed by atoms with Gasteiger partial charge in [0.2, 0.25) is 5.91 Å². The van der Waals surface area contributed by atoms with E-state index in [1.807, 2.05) is 0 Å². The van der Waals surface area contributed by atoms with Crippen molar-refractivity contribution in [1.82, 2.24) is 5.32 Å². The van der Waals surface area contributed by atoms with Crippen molar-refractivity contribution >= 4 is 5.91 Å². The fourth-order valence-corrected chi connectivity index (χ4v) is 4.66. The van der Waals surface area contributed by atoms with Gasteiger partial charge in [-0.3, -0.25) is 4.79 Å². The van der Waals surface area contributed by atoms with Gasteiger partial charge in [-0.1, -0.05) is 19.8 Å². The fourth-order valence-electron chi connectivity index (χ4n) is 4.66. The predicted octanol–water partition coefficient (Wildman–Crippen LogP) is 2.44.